The van der Waals surface area contributed by atoms with Crippen LogP contribution in [0, 0.1) is 0 Å². The first-order valence-corrected chi connectivity index (χ1v) is 11.4. The first-order valence-electron chi connectivity index (χ1n) is 10.2. The monoisotopic (exact) mass is 484 g/mol. The van der Waals surface area contributed by atoms with Gasteiger partial charge in [-0.05, 0) is 42.0 Å². The van der Waals surface area contributed by atoms with Gasteiger partial charge < -0.3 is 19.5 Å². The SMILES string of the molecule is COc1ccc(/C=C/C(=O)N2CCc3ncsc3C2c2cc(Cl)ccc2OCC(=O)O)cc1. The minimum atomic E-state index is -1.09. The maximum Gasteiger partial charge on any atom is 0.341 e. The van der Waals surface area contributed by atoms with Crippen molar-refractivity contribution < 1.29 is 24.2 Å². The van der Waals surface area contributed by atoms with Gasteiger partial charge in [-0.1, -0.05) is 23.7 Å². The van der Waals surface area contributed by atoms with Gasteiger partial charge in [-0.25, -0.2) is 9.78 Å². The number of thiazole rings is 1. The van der Waals surface area contributed by atoms with Crippen LogP contribution in [0.4, 0.5) is 0 Å². The van der Waals surface area contributed by atoms with E-state index in [1.54, 1.807) is 41.8 Å². The molecule has 0 saturated heterocycles. The molecule has 1 amide bonds. The number of benzene rings is 2. The molecular weight excluding hydrogens is 464 g/mol. The standard InChI is InChI=1S/C24H21ClN2O5S/c1-31-17-6-2-15(3-7-17)4-9-21(28)27-11-10-19-24(33-14-26-19)23(27)18-12-16(25)5-8-20(18)32-13-22(29)30/h2-9,12,14,23H,10-11,13H2,1H3,(H,29,30)/b9-4+. The minimum absolute atomic E-state index is 0.181. The van der Waals surface area contributed by atoms with Gasteiger partial charge in [0.25, 0.3) is 0 Å². The first-order chi connectivity index (χ1) is 16.0. The average molecular weight is 485 g/mol. The number of carbonyl (C=O) groups is 2. The third-order valence-corrected chi connectivity index (χ3v) is 6.42. The summed E-state index contributed by atoms with van der Waals surface area (Å²) >= 11 is 7.73. The molecule has 0 fully saturated rings. The van der Waals surface area contributed by atoms with E-state index in [-0.39, 0.29) is 5.91 Å². The Bertz CT molecular complexity index is 1190. The number of halogens is 1. The lowest BCUT2D eigenvalue weighted by Gasteiger charge is -2.35. The van der Waals surface area contributed by atoms with Gasteiger partial charge in [0, 0.05) is 29.6 Å². The van der Waals surface area contributed by atoms with E-state index in [1.807, 2.05) is 24.3 Å². The summed E-state index contributed by atoms with van der Waals surface area (Å²) in [5.41, 5.74) is 4.16. The van der Waals surface area contributed by atoms with Gasteiger partial charge in [-0.15, -0.1) is 11.3 Å². The highest BCUT2D eigenvalue weighted by Gasteiger charge is 2.35. The normalized spacial score (nSPS) is 15.3. The second-order valence-electron chi connectivity index (χ2n) is 7.32. The number of methoxy groups -OCH3 is 1. The lowest BCUT2D eigenvalue weighted by molar-refractivity contribution is -0.139. The van der Waals surface area contributed by atoms with Crippen LogP contribution in [0.25, 0.3) is 6.08 Å². The molecule has 4 rings (SSSR count). The molecule has 0 spiro atoms. The van der Waals surface area contributed by atoms with E-state index in [9.17, 15) is 9.59 Å². The summed E-state index contributed by atoms with van der Waals surface area (Å²) in [5, 5.41) is 9.53. The molecule has 1 atom stereocenters. The average Bonchev–Trinajstić information content (AvgIpc) is 3.30. The Morgan fingerprint density at radius 3 is 2.79 bits per heavy atom. The van der Waals surface area contributed by atoms with E-state index < -0.39 is 18.6 Å². The van der Waals surface area contributed by atoms with Crippen LogP contribution in [-0.2, 0) is 16.0 Å². The fraction of sp³-hybridized carbons (Fsp3) is 0.208. The van der Waals surface area contributed by atoms with E-state index in [2.05, 4.69) is 4.98 Å². The third kappa shape index (κ3) is 5.18. The summed E-state index contributed by atoms with van der Waals surface area (Å²) in [6.45, 7) is -0.0414. The van der Waals surface area contributed by atoms with Crippen molar-refractivity contribution in [1.29, 1.82) is 0 Å². The Balaban J connectivity index is 1.68. The van der Waals surface area contributed by atoms with Crippen LogP contribution in [0.2, 0.25) is 5.02 Å². The number of carboxylic acids is 1. The Morgan fingerprint density at radius 2 is 2.06 bits per heavy atom. The Morgan fingerprint density at radius 1 is 1.27 bits per heavy atom. The van der Waals surface area contributed by atoms with Gasteiger partial charge in [0.05, 0.1) is 29.2 Å². The number of ether oxygens (including phenoxy) is 2. The van der Waals surface area contributed by atoms with E-state index in [1.165, 1.54) is 17.4 Å². The lowest BCUT2D eigenvalue weighted by atomic mass is 9.96. The van der Waals surface area contributed by atoms with Crippen molar-refractivity contribution >= 4 is 40.9 Å². The number of fused-ring (bicyclic) bond motifs is 1. The predicted octanol–water partition coefficient (Wildman–Crippen LogP) is 4.46. The molecule has 0 bridgehead atoms. The smallest absolute Gasteiger partial charge is 0.341 e. The van der Waals surface area contributed by atoms with E-state index >= 15 is 0 Å². The molecule has 2 aromatic carbocycles. The highest BCUT2D eigenvalue weighted by molar-refractivity contribution is 7.09. The van der Waals surface area contributed by atoms with Gasteiger partial charge in [-0.3, -0.25) is 4.79 Å². The largest absolute Gasteiger partial charge is 0.497 e. The predicted molar refractivity (Wildman–Crippen MR) is 126 cm³/mol. The van der Waals surface area contributed by atoms with E-state index in [4.69, 9.17) is 26.2 Å². The maximum absolute atomic E-state index is 13.3. The molecule has 1 aromatic heterocycles. The fourth-order valence-corrected chi connectivity index (χ4v) is 4.86. The molecule has 170 valence electrons. The highest BCUT2D eigenvalue weighted by atomic mass is 35.5. The van der Waals surface area contributed by atoms with Gasteiger partial charge in [0.15, 0.2) is 6.61 Å². The summed E-state index contributed by atoms with van der Waals surface area (Å²) < 4.78 is 10.7. The third-order valence-electron chi connectivity index (χ3n) is 5.26. The minimum Gasteiger partial charge on any atom is -0.497 e. The molecule has 9 heteroatoms. The number of hydrogen-bond donors (Lipinski definition) is 1. The van der Waals surface area contributed by atoms with Crippen LogP contribution in [0.15, 0.2) is 54.1 Å². The van der Waals surface area contributed by atoms with Crippen molar-refractivity contribution in [2.24, 2.45) is 0 Å². The van der Waals surface area contributed by atoms with Gasteiger partial charge in [0.2, 0.25) is 5.91 Å². The number of amides is 1. The van der Waals surface area contributed by atoms with Crippen LogP contribution in [0.5, 0.6) is 11.5 Å². The zero-order valence-corrected chi connectivity index (χ0v) is 19.3. The van der Waals surface area contributed by atoms with Gasteiger partial charge >= 0.3 is 5.97 Å². The molecule has 0 aliphatic carbocycles. The summed E-state index contributed by atoms with van der Waals surface area (Å²) in [6, 6.07) is 11.9. The van der Waals surface area contributed by atoms with E-state index in [0.29, 0.717) is 29.3 Å². The van der Waals surface area contributed by atoms with Crippen LogP contribution in [-0.4, -0.2) is 47.1 Å². The number of carboxylic acid groups (broad SMARTS) is 1. The van der Waals surface area contributed by atoms with Crippen LogP contribution < -0.4 is 9.47 Å². The molecule has 3 aromatic rings. The van der Waals surface area contributed by atoms with Gasteiger partial charge in [0.1, 0.15) is 11.5 Å². The zero-order chi connectivity index (χ0) is 23.4. The van der Waals surface area contributed by atoms with Crippen molar-refractivity contribution in [1.82, 2.24) is 9.88 Å². The molecule has 2 heterocycles. The molecule has 1 aliphatic rings. The van der Waals surface area contributed by atoms with Crippen molar-refractivity contribution in [2.75, 3.05) is 20.3 Å². The zero-order valence-electron chi connectivity index (χ0n) is 17.7. The van der Waals surface area contributed by atoms with Crippen molar-refractivity contribution in [2.45, 2.75) is 12.5 Å². The van der Waals surface area contributed by atoms with Gasteiger partial charge in [-0.2, -0.15) is 0 Å². The molecule has 7 nitrogen and oxygen atoms in total. The molecule has 33 heavy (non-hydrogen) atoms. The van der Waals surface area contributed by atoms with Crippen LogP contribution in [0.3, 0.4) is 0 Å². The number of rotatable bonds is 7. The summed E-state index contributed by atoms with van der Waals surface area (Å²) in [4.78, 5) is 31.5. The van der Waals surface area contributed by atoms with E-state index in [0.717, 1.165) is 21.9 Å². The number of hydrogen-bond acceptors (Lipinski definition) is 6. The Kier molecular flexibility index (Phi) is 6.96. The molecule has 0 saturated carbocycles. The number of carbonyl (C=O) groups excluding carboxylic acids is 1. The highest BCUT2D eigenvalue weighted by Crippen LogP contribution is 2.42. The van der Waals surface area contributed by atoms with Crippen LogP contribution >= 0.6 is 22.9 Å². The van der Waals surface area contributed by atoms with Crippen molar-refractivity contribution in [3.05, 3.63) is 80.8 Å². The second-order valence-corrected chi connectivity index (χ2v) is 8.64. The molecule has 1 N–H and O–H groups in total. The second kappa shape index (κ2) is 10.1. The molecule has 1 aliphatic heterocycles. The summed E-state index contributed by atoms with van der Waals surface area (Å²) in [5.74, 6) is -0.167. The Labute approximate surface area is 199 Å². The topological polar surface area (TPSA) is 89.0 Å². The molecule has 0 radical (unpaired) electrons. The molecule has 1 unspecified atom stereocenters. The quantitative estimate of drug-likeness (QED) is 0.498. The number of aliphatic carboxylic acids is 1. The number of nitrogens with zero attached hydrogens (tertiary/aromatic N) is 2. The summed E-state index contributed by atoms with van der Waals surface area (Å²) in [7, 11) is 1.60. The number of aromatic nitrogens is 1. The van der Waals surface area contributed by atoms with Crippen molar-refractivity contribution in [3.63, 3.8) is 0 Å². The fourth-order valence-electron chi connectivity index (χ4n) is 3.71. The Hall–Kier alpha value is -3.36. The van der Waals surface area contributed by atoms with Crippen LogP contribution in [0.1, 0.15) is 27.7 Å². The lowest BCUT2D eigenvalue weighted by Crippen LogP contribution is -2.39. The molecular formula is C24H21ClN2O5S. The summed E-state index contributed by atoms with van der Waals surface area (Å²) in [6.07, 6.45) is 3.91. The van der Waals surface area contributed by atoms with Crippen molar-refractivity contribution in [3.8, 4) is 11.5 Å². The maximum atomic E-state index is 13.3. The first kappa shape index (κ1) is 22.8.